The zero-order valence-electron chi connectivity index (χ0n) is 11.1. The minimum Gasteiger partial charge on any atom is -0.330 e. The van der Waals surface area contributed by atoms with E-state index in [1.807, 2.05) is 6.07 Å². The van der Waals surface area contributed by atoms with Crippen molar-refractivity contribution in [1.29, 1.82) is 0 Å². The normalized spacial score (nSPS) is 13.7. The third-order valence-corrected chi connectivity index (χ3v) is 4.78. The highest BCUT2D eigenvalue weighted by atomic mass is 35.5. The quantitative estimate of drug-likeness (QED) is 0.802. The molecule has 0 spiro atoms. The summed E-state index contributed by atoms with van der Waals surface area (Å²) in [6, 6.07) is 6.78. The van der Waals surface area contributed by atoms with Crippen molar-refractivity contribution < 1.29 is 8.42 Å². The summed E-state index contributed by atoms with van der Waals surface area (Å²) < 4.78 is 28.0. The highest BCUT2D eigenvalue weighted by molar-refractivity contribution is 7.87. The molecule has 0 aromatic heterocycles. The monoisotopic (exact) mass is 305 g/mol. The second-order valence-electron chi connectivity index (χ2n) is 4.33. The molecule has 0 aliphatic rings. The second kappa shape index (κ2) is 7.21. The highest BCUT2D eigenvalue weighted by Crippen LogP contribution is 2.22. The Kier molecular flexibility index (Phi) is 6.22. The molecule has 1 aromatic carbocycles. The van der Waals surface area contributed by atoms with Crippen molar-refractivity contribution in [3.8, 4) is 0 Å². The Bertz CT molecular complexity index is 507. The lowest BCUT2D eigenvalue weighted by Gasteiger charge is -2.21. The fraction of sp³-hybridized carbons (Fsp3) is 0.500. The molecule has 3 N–H and O–H groups in total. The number of benzene rings is 1. The van der Waals surface area contributed by atoms with E-state index in [-0.39, 0.29) is 6.04 Å². The van der Waals surface area contributed by atoms with Crippen LogP contribution in [0.3, 0.4) is 0 Å². The maximum Gasteiger partial charge on any atom is 0.279 e. The van der Waals surface area contributed by atoms with Crippen LogP contribution in [0.2, 0.25) is 5.02 Å². The Morgan fingerprint density at radius 2 is 2.05 bits per heavy atom. The molecule has 5 nitrogen and oxygen atoms in total. The number of nitrogens with zero attached hydrogens (tertiary/aromatic N) is 1. The summed E-state index contributed by atoms with van der Waals surface area (Å²) in [7, 11) is -2.00. The van der Waals surface area contributed by atoms with Gasteiger partial charge in [-0.05, 0) is 31.5 Å². The molecule has 0 fully saturated rings. The zero-order valence-corrected chi connectivity index (χ0v) is 12.7. The van der Waals surface area contributed by atoms with Crippen LogP contribution in [0, 0.1) is 0 Å². The van der Waals surface area contributed by atoms with Crippen molar-refractivity contribution in [3.63, 3.8) is 0 Å². The van der Waals surface area contributed by atoms with E-state index >= 15 is 0 Å². The molecule has 19 heavy (non-hydrogen) atoms. The SMILES string of the molecule is CC(NS(=O)(=O)N(C)CCCN)c1ccccc1Cl. The minimum atomic E-state index is -3.53. The molecule has 1 unspecified atom stereocenters. The van der Waals surface area contributed by atoms with Gasteiger partial charge in [0.05, 0.1) is 0 Å². The number of nitrogens with one attached hydrogen (secondary N) is 1. The van der Waals surface area contributed by atoms with Gasteiger partial charge in [0.25, 0.3) is 10.2 Å². The summed E-state index contributed by atoms with van der Waals surface area (Å²) in [5.41, 5.74) is 6.12. The molecule has 1 aromatic rings. The van der Waals surface area contributed by atoms with Crippen LogP contribution in [-0.2, 0) is 10.2 Å². The first kappa shape index (κ1) is 16.4. The molecule has 1 rings (SSSR count). The van der Waals surface area contributed by atoms with Gasteiger partial charge in [0.2, 0.25) is 0 Å². The van der Waals surface area contributed by atoms with Gasteiger partial charge in [-0.2, -0.15) is 17.4 Å². The third-order valence-electron chi connectivity index (χ3n) is 2.78. The van der Waals surface area contributed by atoms with Gasteiger partial charge in [0, 0.05) is 24.7 Å². The maximum absolute atomic E-state index is 12.1. The van der Waals surface area contributed by atoms with Crippen LogP contribution in [-0.4, -0.2) is 32.9 Å². The summed E-state index contributed by atoms with van der Waals surface area (Å²) in [4.78, 5) is 0. The molecular weight excluding hydrogens is 286 g/mol. The van der Waals surface area contributed by atoms with Crippen LogP contribution in [0.15, 0.2) is 24.3 Å². The first-order chi connectivity index (χ1) is 8.88. The van der Waals surface area contributed by atoms with Gasteiger partial charge in [-0.25, -0.2) is 0 Å². The van der Waals surface area contributed by atoms with E-state index in [1.165, 1.54) is 11.4 Å². The first-order valence-electron chi connectivity index (χ1n) is 6.06. The third kappa shape index (κ3) is 4.74. The van der Waals surface area contributed by atoms with Gasteiger partial charge >= 0.3 is 0 Å². The van der Waals surface area contributed by atoms with Crippen LogP contribution < -0.4 is 10.5 Å². The van der Waals surface area contributed by atoms with Crippen LogP contribution in [0.5, 0.6) is 0 Å². The largest absolute Gasteiger partial charge is 0.330 e. The molecule has 1 atom stereocenters. The Balaban J connectivity index is 2.76. The average Bonchev–Trinajstić information content (AvgIpc) is 2.35. The molecule has 0 bridgehead atoms. The summed E-state index contributed by atoms with van der Waals surface area (Å²) in [5.74, 6) is 0. The average molecular weight is 306 g/mol. The maximum atomic E-state index is 12.1. The Labute approximate surface area is 119 Å². The topological polar surface area (TPSA) is 75.4 Å². The Morgan fingerprint density at radius 3 is 2.63 bits per heavy atom. The number of nitrogens with two attached hydrogens (primary N) is 1. The van der Waals surface area contributed by atoms with E-state index in [0.717, 1.165) is 5.56 Å². The number of rotatable bonds is 7. The smallest absolute Gasteiger partial charge is 0.279 e. The van der Waals surface area contributed by atoms with E-state index in [2.05, 4.69) is 4.72 Å². The predicted molar refractivity (Wildman–Crippen MR) is 78.2 cm³/mol. The van der Waals surface area contributed by atoms with Gasteiger partial charge in [-0.1, -0.05) is 29.8 Å². The van der Waals surface area contributed by atoms with Gasteiger partial charge in [0.1, 0.15) is 0 Å². The lowest BCUT2D eigenvalue weighted by molar-refractivity contribution is 0.446. The summed E-state index contributed by atoms with van der Waals surface area (Å²) in [5, 5.41) is 0.544. The van der Waals surface area contributed by atoms with E-state index in [4.69, 9.17) is 17.3 Å². The lowest BCUT2D eigenvalue weighted by Crippen LogP contribution is -2.40. The van der Waals surface area contributed by atoms with Gasteiger partial charge in [0.15, 0.2) is 0 Å². The van der Waals surface area contributed by atoms with Crippen molar-refractivity contribution in [2.75, 3.05) is 20.1 Å². The fourth-order valence-electron chi connectivity index (χ4n) is 1.64. The molecule has 0 heterocycles. The number of halogens is 1. The van der Waals surface area contributed by atoms with E-state index in [9.17, 15) is 8.42 Å². The molecular formula is C12H20ClN3O2S. The molecule has 0 aliphatic heterocycles. The molecule has 0 radical (unpaired) electrons. The molecule has 7 heteroatoms. The molecule has 0 aliphatic carbocycles. The van der Waals surface area contributed by atoms with Crippen LogP contribution >= 0.6 is 11.6 Å². The summed E-state index contributed by atoms with van der Waals surface area (Å²) in [6.07, 6.45) is 0.623. The molecule has 0 saturated carbocycles. The molecule has 108 valence electrons. The van der Waals surface area contributed by atoms with Gasteiger partial charge in [-0.3, -0.25) is 0 Å². The lowest BCUT2D eigenvalue weighted by atomic mass is 10.1. The highest BCUT2D eigenvalue weighted by Gasteiger charge is 2.21. The van der Waals surface area contributed by atoms with Crippen molar-refractivity contribution in [3.05, 3.63) is 34.9 Å². The van der Waals surface area contributed by atoms with Crippen molar-refractivity contribution >= 4 is 21.8 Å². The van der Waals surface area contributed by atoms with E-state index in [1.54, 1.807) is 25.1 Å². The summed E-state index contributed by atoms with van der Waals surface area (Å²) >= 11 is 6.05. The number of hydrogen-bond donors (Lipinski definition) is 2. The Hall–Kier alpha value is -0.660. The predicted octanol–water partition coefficient (Wildman–Crippen LogP) is 1.52. The second-order valence-corrected chi connectivity index (χ2v) is 6.55. The minimum absolute atomic E-state index is 0.390. The Morgan fingerprint density at radius 1 is 1.42 bits per heavy atom. The van der Waals surface area contributed by atoms with E-state index in [0.29, 0.717) is 24.5 Å². The van der Waals surface area contributed by atoms with Crippen molar-refractivity contribution in [2.45, 2.75) is 19.4 Å². The van der Waals surface area contributed by atoms with Crippen LogP contribution in [0.4, 0.5) is 0 Å². The van der Waals surface area contributed by atoms with Crippen molar-refractivity contribution in [2.24, 2.45) is 5.73 Å². The van der Waals surface area contributed by atoms with Gasteiger partial charge < -0.3 is 5.73 Å². The number of hydrogen-bond acceptors (Lipinski definition) is 3. The van der Waals surface area contributed by atoms with E-state index < -0.39 is 10.2 Å². The summed E-state index contributed by atoms with van der Waals surface area (Å²) in [6.45, 7) is 2.61. The van der Waals surface area contributed by atoms with Crippen molar-refractivity contribution in [1.82, 2.24) is 9.03 Å². The zero-order chi connectivity index (χ0) is 14.5. The van der Waals surface area contributed by atoms with Gasteiger partial charge in [-0.15, -0.1) is 0 Å². The van der Waals surface area contributed by atoms with Crippen LogP contribution in [0.1, 0.15) is 24.9 Å². The molecule has 0 saturated heterocycles. The standard InChI is InChI=1S/C12H20ClN3O2S/c1-10(11-6-3-4-7-12(11)13)15-19(17,18)16(2)9-5-8-14/h3-4,6-7,10,15H,5,8-9,14H2,1-2H3. The first-order valence-corrected chi connectivity index (χ1v) is 7.88. The van der Waals surface area contributed by atoms with Crippen LogP contribution in [0.25, 0.3) is 0 Å². The molecule has 0 amide bonds. The fourth-order valence-corrected chi connectivity index (χ4v) is 3.06.